The van der Waals surface area contributed by atoms with E-state index in [0.717, 1.165) is 36.9 Å². The summed E-state index contributed by atoms with van der Waals surface area (Å²) in [4.78, 5) is 11.6. The van der Waals surface area contributed by atoms with Gasteiger partial charge in [0.2, 0.25) is 0 Å². The lowest BCUT2D eigenvalue weighted by atomic mass is 10.1. The molecule has 0 radical (unpaired) electrons. The maximum absolute atomic E-state index is 4.72. The Bertz CT molecular complexity index is 515. The second kappa shape index (κ2) is 10.2. The highest BCUT2D eigenvalue weighted by Gasteiger charge is 2.31. The Balaban J connectivity index is 0.00000288. The molecule has 1 saturated heterocycles. The first-order valence-corrected chi connectivity index (χ1v) is 8.70. The zero-order chi connectivity index (χ0) is 16.8. The fourth-order valence-corrected chi connectivity index (χ4v) is 2.87. The number of aryl methyl sites for hydroxylation is 1. The van der Waals surface area contributed by atoms with Gasteiger partial charge in [-0.3, -0.25) is 9.88 Å². The summed E-state index contributed by atoms with van der Waals surface area (Å²) in [6.07, 6.45) is 1.90. The number of likely N-dealkylation sites (tertiary alicyclic amines) is 1. The van der Waals surface area contributed by atoms with Crippen LogP contribution in [0.3, 0.4) is 0 Å². The van der Waals surface area contributed by atoms with Crippen LogP contribution in [0.25, 0.3) is 0 Å². The molecule has 2 rings (SSSR count). The monoisotopic (exact) mass is 445 g/mol. The molecule has 2 N–H and O–H groups in total. The smallest absolute Gasteiger partial charge is 0.191 e. The van der Waals surface area contributed by atoms with Crippen LogP contribution in [0.15, 0.2) is 23.3 Å². The molecule has 1 aromatic rings. The lowest BCUT2D eigenvalue weighted by molar-refractivity contribution is 0.265. The quantitative estimate of drug-likeness (QED) is 0.416. The molecule has 6 heteroatoms. The zero-order valence-corrected chi connectivity index (χ0v) is 17.9. The van der Waals surface area contributed by atoms with E-state index in [-0.39, 0.29) is 24.0 Å². The number of pyridine rings is 1. The van der Waals surface area contributed by atoms with Crippen molar-refractivity contribution in [1.82, 2.24) is 20.5 Å². The normalized spacial score (nSPS) is 21.7. The summed E-state index contributed by atoms with van der Waals surface area (Å²) >= 11 is 0. The van der Waals surface area contributed by atoms with E-state index >= 15 is 0 Å². The molecule has 0 spiro atoms. The summed E-state index contributed by atoms with van der Waals surface area (Å²) in [5, 5.41) is 6.97. The zero-order valence-electron chi connectivity index (χ0n) is 15.5. The summed E-state index contributed by atoms with van der Waals surface area (Å²) < 4.78 is 0. The molecule has 0 aromatic carbocycles. The average molecular weight is 445 g/mol. The summed E-state index contributed by atoms with van der Waals surface area (Å²) in [5.41, 5.74) is 2.17. The predicted octanol–water partition coefficient (Wildman–Crippen LogP) is 2.79. The lowest BCUT2D eigenvalue weighted by Gasteiger charge is -2.21. The van der Waals surface area contributed by atoms with Gasteiger partial charge in [-0.15, -0.1) is 24.0 Å². The Hall–Kier alpha value is -0.890. The second-order valence-corrected chi connectivity index (χ2v) is 6.78. The van der Waals surface area contributed by atoms with Crippen molar-refractivity contribution in [1.29, 1.82) is 0 Å². The molecule has 5 nitrogen and oxygen atoms in total. The molecule has 0 saturated carbocycles. The largest absolute Gasteiger partial charge is 0.357 e. The van der Waals surface area contributed by atoms with Crippen LogP contribution in [0.2, 0.25) is 0 Å². The predicted molar refractivity (Wildman–Crippen MR) is 112 cm³/mol. The Morgan fingerprint density at radius 3 is 2.67 bits per heavy atom. The van der Waals surface area contributed by atoms with Crippen LogP contribution in [0.1, 0.15) is 39.0 Å². The van der Waals surface area contributed by atoms with Gasteiger partial charge in [-0.25, -0.2) is 4.99 Å². The van der Waals surface area contributed by atoms with E-state index in [1.165, 1.54) is 0 Å². The summed E-state index contributed by atoms with van der Waals surface area (Å²) in [5.74, 6) is 1.53. The summed E-state index contributed by atoms with van der Waals surface area (Å²) in [6.45, 7) is 14.7. The first kappa shape index (κ1) is 21.2. The molecule has 0 aliphatic carbocycles. The minimum absolute atomic E-state index is 0. The van der Waals surface area contributed by atoms with Gasteiger partial charge in [-0.2, -0.15) is 0 Å². The number of aliphatic imine (C=N–C) groups is 1. The van der Waals surface area contributed by atoms with E-state index in [4.69, 9.17) is 4.99 Å². The Labute approximate surface area is 163 Å². The molecular weight excluding hydrogens is 413 g/mol. The van der Waals surface area contributed by atoms with Crippen molar-refractivity contribution in [2.24, 2.45) is 10.9 Å². The van der Waals surface area contributed by atoms with Crippen LogP contribution >= 0.6 is 24.0 Å². The third-order valence-electron chi connectivity index (χ3n) is 4.43. The number of rotatable bonds is 5. The maximum Gasteiger partial charge on any atom is 0.191 e. The van der Waals surface area contributed by atoms with Crippen LogP contribution in [-0.2, 0) is 6.54 Å². The molecule has 0 amide bonds. The topological polar surface area (TPSA) is 52.6 Å². The molecule has 2 atom stereocenters. The summed E-state index contributed by atoms with van der Waals surface area (Å²) in [7, 11) is 0. The summed E-state index contributed by atoms with van der Waals surface area (Å²) in [6, 6.07) is 5.17. The lowest BCUT2D eigenvalue weighted by Crippen LogP contribution is -2.46. The minimum Gasteiger partial charge on any atom is -0.357 e. The van der Waals surface area contributed by atoms with Crippen molar-refractivity contribution >= 4 is 29.9 Å². The van der Waals surface area contributed by atoms with E-state index in [1.807, 2.05) is 19.2 Å². The number of aromatic nitrogens is 1. The van der Waals surface area contributed by atoms with Gasteiger partial charge in [-0.05, 0) is 45.2 Å². The third-order valence-corrected chi connectivity index (χ3v) is 4.43. The third kappa shape index (κ3) is 6.20. The number of guanidine groups is 1. The number of nitrogens with one attached hydrogen (secondary N) is 2. The Morgan fingerprint density at radius 1 is 1.38 bits per heavy atom. The van der Waals surface area contributed by atoms with Crippen molar-refractivity contribution in [3.63, 3.8) is 0 Å². The standard InChI is InChI=1S/C18H31N5.HI/c1-6-19-18(21-10-16-8-7-15(5)20-9-16)22-17-12-23(13(2)3)11-14(17)4;/h7-9,13-14,17H,6,10-12H2,1-5H3,(H2,19,21,22);1H. The molecule has 1 fully saturated rings. The number of nitrogens with zero attached hydrogens (tertiary/aromatic N) is 3. The number of hydrogen-bond donors (Lipinski definition) is 2. The Morgan fingerprint density at radius 2 is 2.12 bits per heavy atom. The molecule has 0 bridgehead atoms. The van der Waals surface area contributed by atoms with Crippen LogP contribution in [0.5, 0.6) is 0 Å². The molecule has 1 aliphatic rings. The van der Waals surface area contributed by atoms with Gasteiger partial charge in [0, 0.05) is 43.6 Å². The van der Waals surface area contributed by atoms with E-state index in [9.17, 15) is 0 Å². The highest BCUT2D eigenvalue weighted by atomic mass is 127. The number of hydrogen-bond acceptors (Lipinski definition) is 3. The SMILES string of the molecule is CCNC(=NCc1ccc(C)nc1)NC1CN(C(C)C)CC1C.I. The first-order chi connectivity index (χ1) is 11.0. The second-order valence-electron chi connectivity index (χ2n) is 6.78. The Kier molecular flexibility index (Phi) is 8.97. The van der Waals surface area contributed by atoms with Crippen LogP contribution in [-0.4, -0.2) is 47.6 Å². The average Bonchev–Trinajstić information content (AvgIpc) is 2.88. The maximum atomic E-state index is 4.72. The van der Waals surface area contributed by atoms with E-state index in [0.29, 0.717) is 24.5 Å². The van der Waals surface area contributed by atoms with Gasteiger partial charge in [-0.1, -0.05) is 13.0 Å². The van der Waals surface area contributed by atoms with Gasteiger partial charge in [0.05, 0.1) is 6.54 Å². The van der Waals surface area contributed by atoms with E-state index < -0.39 is 0 Å². The van der Waals surface area contributed by atoms with Gasteiger partial charge < -0.3 is 10.6 Å². The van der Waals surface area contributed by atoms with Gasteiger partial charge in [0.15, 0.2) is 5.96 Å². The molecule has 24 heavy (non-hydrogen) atoms. The van der Waals surface area contributed by atoms with Crippen molar-refractivity contribution in [2.45, 2.75) is 53.2 Å². The first-order valence-electron chi connectivity index (χ1n) is 8.70. The molecule has 1 aliphatic heterocycles. The molecule has 1 aromatic heterocycles. The minimum atomic E-state index is 0. The highest BCUT2D eigenvalue weighted by Crippen LogP contribution is 2.18. The van der Waals surface area contributed by atoms with Crippen molar-refractivity contribution in [3.05, 3.63) is 29.6 Å². The molecular formula is C18H32IN5. The van der Waals surface area contributed by atoms with Gasteiger partial charge in [0.25, 0.3) is 0 Å². The van der Waals surface area contributed by atoms with Crippen molar-refractivity contribution in [3.8, 4) is 0 Å². The van der Waals surface area contributed by atoms with Crippen LogP contribution < -0.4 is 10.6 Å². The van der Waals surface area contributed by atoms with E-state index in [2.05, 4.69) is 54.3 Å². The van der Waals surface area contributed by atoms with Crippen LogP contribution in [0.4, 0.5) is 0 Å². The highest BCUT2D eigenvalue weighted by molar-refractivity contribution is 14.0. The molecule has 2 unspecified atom stereocenters. The fraction of sp³-hybridized carbons (Fsp3) is 0.667. The fourth-order valence-electron chi connectivity index (χ4n) is 2.87. The molecule has 136 valence electrons. The van der Waals surface area contributed by atoms with Gasteiger partial charge >= 0.3 is 0 Å². The van der Waals surface area contributed by atoms with Crippen molar-refractivity contribution in [2.75, 3.05) is 19.6 Å². The van der Waals surface area contributed by atoms with Gasteiger partial charge in [0.1, 0.15) is 0 Å². The molecule has 2 heterocycles. The van der Waals surface area contributed by atoms with Crippen LogP contribution in [0, 0.1) is 12.8 Å². The number of halogens is 1. The van der Waals surface area contributed by atoms with E-state index in [1.54, 1.807) is 0 Å². The van der Waals surface area contributed by atoms with Crippen molar-refractivity contribution < 1.29 is 0 Å².